The van der Waals surface area contributed by atoms with E-state index >= 15 is 0 Å². The lowest BCUT2D eigenvalue weighted by Gasteiger charge is -2.13. The molecule has 0 saturated carbocycles. The zero-order valence-electron chi connectivity index (χ0n) is 17.5. The summed E-state index contributed by atoms with van der Waals surface area (Å²) in [7, 11) is 1.61. The van der Waals surface area contributed by atoms with Crippen LogP contribution < -0.4 is 14.8 Å². The van der Waals surface area contributed by atoms with E-state index in [4.69, 9.17) is 14.2 Å². The van der Waals surface area contributed by atoms with Crippen LogP contribution in [0.2, 0.25) is 0 Å². The molecule has 3 aromatic rings. The van der Waals surface area contributed by atoms with Crippen LogP contribution in [0.1, 0.15) is 25.3 Å². The van der Waals surface area contributed by atoms with Crippen molar-refractivity contribution in [1.29, 1.82) is 0 Å². The Balaban J connectivity index is 1.55. The maximum Gasteiger partial charge on any atom is 0.349 e. The molecule has 1 unspecified atom stereocenters. The summed E-state index contributed by atoms with van der Waals surface area (Å²) in [4.78, 5) is 35.4. The smallest absolute Gasteiger partial charge is 0.349 e. The topological polar surface area (TPSA) is 90.9 Å². The van der Waals surface area contributed by atoms with Crippen LogP contribution in [-0.2, 0) is 19.1 Å². The summed E-state index contributed by atoms with van der Waals surface area (Å²) >= 11 is 0. The summed E-state index contributed by atoms with van der Waals surface area (Å²) in [5, 5.41) is 4.58. The third-order valence-electron chi connectivity index (χ3n) is 4.66. The molecule has 0 spiro atoms. The van der Waals surface area contributed by atoms with Gasteiger partial charge in [-0.3, -0.25) is 9.59 Å². The van der Waals surface area contributed by atoms with E-state index < -0.39 is 24.5 Å². The van der Waals surface area contributed by atoms with Gasteiger partial charge in [-0.25, -0.2) is 4.79 Å². The number of ether oxygens (including phenoxy) is 3. The molecule has 0 aliphatic heterocycles. The SMILES string of the molecule is COc1ccc2cc(C(C)C(=O)OCC(=O)Oc3ccc(NC(C)=O)cc3)ccc2c1. The molecule has 0 radical (unpaired) electrons. The molecule has 1 N–H and O–H groups in total. The van der Waals surface area contributed by atoms with E-state index in [0.29, 0.717) is 5.69 Å². The van der Waals surface area contributed by atoms with Gasteiger partial charge in [0.25, 0.3) is 0 Å². The van der Waals surface area contributed by atoms with Gasteiger partial charge in [0, 0.05) is 12.6 Å². The zero-order valence-corrected chi connectivity index (χ0v) is 17.5. The van der Waals surface area contributed by atoms with Crippen LogP contribution in [-0.4, -0.2) is 31.6 Å². The van der Waals surface area contributed by atoms with Crippen molar-refractivity contribution in [3.05, 3.63) is 66.2 Å². The minimum atomic E-state index is -0.696. The van der Waals surface area contributed by atoms with Crippen molar-refractivity contribution < 1.29 is 28.6 Å². The molecule has 0 aromatic heterocycles. The summed E-state index contributed by atoms with van der Waals surface area (Å²) < 4.78 is 15.5. The predicted molar refractivity (Wildman–Crippen MR) is 116 cm³/mol. The minimum Gasteiger partial charge on any atom is -0.497 e. The summed E-state index contributed by atoms with van der Waals surface area (Å²) in [5.41, 5.74) is 1.37. The van der Waals surface area contributed by atoms with Gasteiger partial charge in [-0.1, -0.05) is 24.3 Å². The van der Waals surface area contributed by atoms with E-state index in [1.807, 2.05) is 36.4 Å². The standard InChI is InChI=1S/C24H23NO6/c1-15(17-4-5-19-13-22(29-3)9-6-18(19)12-17)24(28)30-14-23(27)31-21-10-7-20(8-11-21)25-16(2)26/h4-13,15H,14H2,1-3H3,(H,25,26). The zero-order chi connectivity index (χ0) is 22.4. The highest BCUT2D eigenvalue weighted by molar-refractivity contribution is 5.89. The number of rotatable bonds is 7. The van der Waals surface area contributed by atoms with Crippen LogP contribution in [0.15, 0.2) is 60.7 Å². The summed E-state index contributed by atoms with van der Waals surface area (Å²) in [6, 6.07) is 17.7. The van der Waals surface area contributed by atoms with Gasteiger partial charge in [-0.2, -0.15) is 0 Å². The number of carbonyl (C=O) groups excluding carboxylic acids is 3. The molecule has 31 heavy (non-hydrogen) atoms. The Morgan fingerprint density at radius 3 is 2.23 bits per heavy atom. The number of hydrogen-bond acceptors (Lipinski definition) is 6. The fourth-order valence-corrected chi connectivity index (χ4v) is 3.00. The number of benzene rings is 3. The van der Waals surface area contributed by atoms with E-state index in [0.717, 1.165) is 22.1 Å². The molecule has 0 heterocycles. The molecule has 0 aliphatic rings. The van der Waals surface area contributed by atoms with Crippen molar-refractivity contribution in [2.24, 2.45) is 0 Å². The number of methoxy groups -OCH3 is 1. The molecule has 0 fully saturated rings. The number of amides is 1. The number of esters is 2. The van der Waals surface area contributed by atoms with Crippen LogP contribution in [0.25, 0.3) is 10.8 Å². The fourth-order valence-electron chi connectivity index (χ4n) is 3.00. The Labute approximate surface area is 179 Å². The van der Waals surface area contributed by atoms with E-state index in [1.54, 1.807) is 26.2 Å². The van der Waals surface area contributed by atoms with Crippen LogP contribution in [0.3, 0.4) is 0 Å². The van der Waals surface area contributed by atoms with Gasteiger partial charge >= 0.3 is 11.9 Å². The summed E-state index contributed by atoms with van der Waals surface area (Å²) in [6.07, 6.45) is 0. The normalized spacial score (nSPS) is 11.5. The number of hydrogen-bond donors (Lipinski definition) is 1. The van der Waals surface area contributed by atoms with Crippen molar-refractivity contribution in [1.82, 2.24) is 0 Å². The molecule has 3 aromatic carbocycles. The molecule has 0 aliphatic carbocycles. The average Bonchev–Trinajstić information content (AvgIpc) is 2.77. The van der Waals surface area contributed by atoms with Crippen molar-refractivity contribution in [2.45, 2.75) is 19.8 Å². The van der Waals surface area contributed by atoms with Gasteiger partial charge in [0.15, 0.2) is 6.61 Å². The predicted octanol–water partition coefficient (Wildman–Crippen LogP) is 4.06. The number of nitrogens with one attached hydrogen (secondary N) is 1. The molecule has 0 bridgehead atoms. The monoisotopic (exact) mass is 421 g/mol. The fraction of sp³-hybridized carbons (Fsp3) is 0.208. The second kappa shape index (κ2) is 9.75. The Morgan fingerprint density at radius 1 is 0.903 bits per heavy atom. The van der Waals surface area contributed by atoms with Crippen LogP contribution >= 0.6 is 0 Å². The van der Waals surface area contributed by atoms with Crippen molar-refractivity contribution >= 4 is 34.3 Å². The lowest BCUT2D eigenvalue weighted by molar-refractivity contribution is -0.154. The molecular formula is C24H23NO6. The minimum absolute atomic E-state index is 0.197. The largest absolute Gasteiger partial charge is 0.497 e. The van der Waals surface area contributed by atoms with Gasteiger partial charge < -0.3 is 19.5 Å². The highest BCUT2D eigenvalue weighted by Gasteiger charge is 2.19. The Bertz CT molecular complexity index is 1110. The van der Waals surface area contributed by atoms with Crippen LogP contribution in [0, 0.1) is 0 Å². The first-order valence-electron chi connectivity index (χ1n) is 9.68. The molecule has 0 saturated heterocycles. The van der Waals surface area contributed by atoms with E-state index in [-0.39, 0.29) is 11.7 Å². The molecule has 160 valence electrons. The first-order valence-corrected chi connectivity index (χ1v) is 9.68. The van der Waals surface area contributed by atoms with E-state index in [1.165, 1.54) is 19.1 Å². The highest BCUT2D eigenvalue weighted by Crippen LogP contribution is 2.26. The molecular weight excluding hydrogens is 398 g/mol. The number of carbonyl (C=O) groups is 3. The molecule has 7 heteroatoms. The third kappa shape index (κ3) is 5.82. The number of fused-ring (bicyclic) bond motifs is 1. The Hall–Kier alpha value is -3.87. The second-order valence-electron chi connectivity index (χ2n) is 6.98. The average molecular weight is 421 g/mol. The van der Waals surface area contributed by atoms with Crippen LogP contribution in [0.4, 0.5) is 5.69 Å². The van der Waals surface area contributed by atoms with E-state index in [9.17, 15) is 14.4 Å². The first kappa shape index (κ1) is 21.8. The lowest BCUT2D eigenvalue weighted by atomic mass is 9.98. The molecule has 7 nitrogen and oxygen atoms in total. The highest BCUT2D eigenvalue weighted by atomic mass is 16.6. The second-order valence-corrected chi connectivity index (χ2v) is 6.98. The lowest BCUT2D eigenvalue weighted by Crippen LogP contribution is -2.21. The van der Waals surface area contributed by atoms with Crippen molar-refractivity contribution in [3.8, 4) is 11.5 Å². The van der Waals surface area contributed by atoms with Crippen molar-refractivity contribution in [2.75, 3.05) is 19.0 Å². The summed E-state index contributed by atoms with van der Waals surface area (Å²) in [6.45, 7) is 2.62. The maximum absolute atomic E-state index is 12.4. The summed E-state index contributed by atoms with van der Waals surface area (Å²) in [5.74, 6) is -0.915. The maximum atomic E-state index is 12.4. The van der Waals surface area contributed by atoms with Gasteiger partial charge in [0.2, 0.25) is 5.91 Å². The van der Waals surface area contributed by atoms with Crippen LogP contribution in [0.5, 0.6) is 11.5 Å². The third-order valence-corrected chi connectivity index (χ3v) is 4.66. The molecule has 1 atom stereocenters. The Kier molecular flexibility index (Phi) is 6.87. The van der Waals surface area contributed by atoms with E-state index in [2.05, 4.69) is 5.32 Å². The molecule has 1 amide bonds. The first-order chi connectivity index (χ1) is 14.9. The van der Waals surface area contributed by atoms with Gasteiger partial charge in [0.1, 0.15) is 11.5 Å². The molecule has 3 rings (SSSR count). The Morgan fingerprint density at radius 2 is 1.55 bits per heavy atom. The quantitative estimate of drug-likeness (QED) is 0.457. The van der Waals surface area contributed by atoms with Gasteiger partial charge in [-0.05, 0) is 59.7 Å². The van der Waals surface area contributed by atoms with Gasteiger partial charge in [-0.15, -0.1) is 0 Å². The van der Waals surface area contributed by atoms with Gasteiger partial charge in [0.05, 0.1) is 13.0 Å². The van der Waals surface area contributed by atoms with Crippen molar-refractivity contribution in [3.63, 3.8) is 0 Å². The number of anilines is 1.